The Kier molecular flexibility index (Phi) is 24.1. The van der Waals surface area contributed by atoms with Crippen LogP contribution in [0.1, 0.15) is 214 Å². The fourth-order valence-corrected chi connectivity index (χ4v) is 8.98. The van der Waals surface area contributed by atoms with Gasteiger partial charge in [0.2, 0.25) is 0 Å². The lowest BCUT2D eigenvalue weighted by atomic mass is 9.77. The second-order valence-corrected chi connectivity index (χ2v) is 16.9. The Morgan fingerprint density at radius 1 is 0.543 bits per heavy atom. The second kappa shape index (κ2) is 26.5. The zero-order chi connectivity index (χ0) is 33.4. The van der Waals surface area contributed by atoms with E-state index in [-0.39, 0.29) is 0 Å². The molecule has 2 saturated carbocycles. The first kappa shape index (κ1) is 41.8. The van der Waals surface area contributed by atoms with Crippen molar-refractivity contribution in [2.45, 2.75) is 214 Å². The van der Waals surface area contributed by atoms with Crippen LogP contribution in [0, 0.1) is 41.4 Å². The highest BCUT2D eigenvalue weighted by atomic mass is 16.1. The van der Waals surface area contributed by atoms with E-state index < -0.39 is 0 Å². The van der Waals surface area contributed by atoms with Gasteiger partial charge in [-0.15, -0.1) is 0 Å². The quantitative estimate of drug-likeness (QED) is 0.0650. The minimum absolute atomic E-state index is 0.589. The van der Waals surface area contributed by atoms with Gasteiger partial charge in [0.15, 0.2) is 0 Å². The summed E-state index contributed by atoms with van der Waals surface area (Å²) < 4.78 is 0. The molecule has 2 fully saturated rings. The zero-order valence-corrected chi connectivity index (χ0v) is 32.6. The van der Waals surface area contributed by atoms with E-state index in [1.165, 1.54) is 167 Å². The minimum atomic E-state index is 0.589. The van der Waals surface area contributed by atoms with E-state index >= 15 is 0 Å². The molecule has 0 aliphatic heterocycles. The smallest absolute Gasteiger partial charge is 0.133 e. The summed E-state index contributed by atoms with van der Waals surface area (Å²) in [6.45, 7) is 10.6. The first-order valence-corrected chi connectivity index (χ1v) is 21.6. The number of hydrogen-bond acceptors (Lipinski definition) is 2. The molecular formula is C44H85NO. The number of unbranched alkanes of at least 4 members (excludes halogenated alkanes) is 8. The van der Waals surface area contributed by atoms with Gasteiger partial charge in [0.25, 0.3) is 0 Å². The average molecular weight is 644 g/mol. The highest BCUT2D eigenvalue weighted by molar-refractivity contribution is 5.78. The third-order valence-corrected chi connectivity index (χ3v) is 12.5. The maximum absolute atomic E-state index is 13.5. The van der Waals surface area contributed by atoms with Crippen LogP contribution in [0.4, 0.5) is 0 Å². The summed E-state index contributed by atoms with van der Waals surface area (Å²) >= 11 is 0. The molecule has 6 atom stereocenters. The molecule has 2 heteroatoms. The monoisotopic (exact) mass is 644 g/mol. The first-order chi connectivity index (χ1) is 22.4. The van der Waals surface area contributed by atoms with E-state index in [1.54, 1.807) is 0 Å². The summed E-state index contributed by atoms with van der Waals surface area (Å²) in [5.41, 5.74) is 0. The van der Waals surface area contributed by atoms with E-state index in [4.69, 9.17) is 0 Å². The van der Waals surface area contributed by atoms with Crippen molar-refractivity contribution in [2.24, 2.45) is 41.4 Å². The predicted octanol–water partition coefficient (Wildman–Crippen LogP) is 13.9. The number of carbonyl (C=O) groups is 1. The highest BCUT2D eigenvalue weighted by Gasteiger charge is 2.37. The molecule has 46 heavy (non-hydrogen) atoms. The molecule has 2 aliphatic carbocycles. The standard InChI is InChI=1S/C44H85NO/c1-7-11-15-23-37(10-4)24-20-29-43(36-44(46)32-18-14-19-33-45(5)6)38(27-21-30-41-34-39(41)25-16-12-8-2)28-22-31-42-35-40(42)26-17-13-9-3/h37-43H,7-36H2,1-6H3. The number of ketones is 1. The van der Waals surface area contributed by atoms with Gasteiger partial charge in [0.05, 0.1) is 0 Å². The molecule has 0 bridgehead atoms. The van der Waals surface area contributed by atoms with E-state index in [0.29, 0.717) is 11.7 Å². The molecule has 2 rings (SSSR count). The lowest BCUT2D eigenvalue weighted by Crippen LogP contribution is -2.20. The van der Waals surface area contributed by atoms with Crippen LogP contribution in [0.3, 0.4) is 0 Å². The van der Waals surface area contributed by atoms with Gasteiger partial charge in [0, 0.05) is 12.8 Å². The Bertz CT molecular complexity index is 687. The van der Waals surface area contributed by atoms with Gasteiger partial charge in [0.1, 0.15) is 5.78 Å². The largest absolute Gasteiger partial charge is 0.309 e. The van der Waals surface area contributed by atoms with Crippen LogP contribution < -0.4 is 0 Å². The molecule has 6 unspecified atom stereocenters. The van der Waals surface area contributed by atoms with Crippen molar-refractivity contribution in [2.75, 3.05) is 20.6 Å². The van der Waals surface area contributed by atoms with Gasteiger partial charge in [-0.3, -0.25) is 4.79 Å². The Hall–Kier alpha value is -0.370. The van der Waals surface area contributed by atoms with Crippen LogP contribution in [0.5, 0.6) is 0 Å². The van der Waals surface area contributed by atoms with Crippen molar-refractivity contribution in [3.8, 4) is 0 Å². The van der Waals surface area contributed by atoms with Crippen LogP contribution in [-0.4, -0.2) is 31.3 Å². The molecule has 272 valence electrons. The summed E-state index contributed by atoms with van der Waals surface area (Å²) in [7, 11) is 4.32. The summed E-state index contributed by atoms with van der Waals surface area (Å²) in [4.78, 5) is 15.8. The molecule has 2 nitrogen and oxygen atoms in total. The molecule has 0 spiro atoms. The minimum Gasteiger partial charge on any atom is -0.309 e. The van der Waals surface area contributed by atoms with Crippen molar-refractivity contribution in [1.82, 2.24) is 4.90 Å². The van der Waals surface area contributed by atoms with Crippen LogP contribution >= 0.6 is 0 Å². The van der Waals surface area contributed by atoms with Crippen LogP contribution in [0.2, 0.25) is 0 Å². The van der Waals surface area contributed by atoms with Gasteiger partial charge >= 0.3 is 0 Å². The van der Waals surface area contributed by atoms with E-state index in [2.05, 4.69) is 46.7 Å². The number of rotatable bonds is 34. The van der Waals surface area contributed by atoms with E-state index in [9.17, 15) is 4.79 Å². The topological polar surface area (TPSA) is 20.3 Å². The Labute approximate surface area is 290 Å². The van der Waals surface area contributed by atoms with Crippen molar-refractivity contribution in [1.29, 1.82) is 0 Å². The lowest BCUT2D eigenvalue weighted by molar-refractivity contribution is -0.120. The van der Waals surface area contributed by atoms with Crippen molar-refractivity contribution in [3.05, 3.63) is 0 Å². The average Bonchev–Trinajstić information content (AvgIpc) is 3.96. The Balaban J connectivity index is 1.95. The fraction of sp³-hybridized carbons (Fsp3) is 0.977. The first-order valence-electron chi connectivity index (χ1n) is 21.6. The lowest BCUT2D eigenvalue weighted by Gasteiger charge is -2.28. The number of Topliss-reactive ketones (excluding diaryl/α,β-unsaturated/α-hetero) is 1. The maximum Gasteiger partial charge on any atom is 0.133 e. The third-order valence-electron chi connectivity index (χ3n) is 12.5. The molecule has 0 aromatic rings. The third kappa shape index (κ3) is 20.2. The van der Waals surface area contributed by atoms with Crippen LogP contribution in [0.15, 0.2) is 0 Å². The highest BCUT2D eigenvalue weighted by Crippen LogP contribution is 2.48. The summed E-state index contributed by atoms with van der Waals surface area (Å²) in [5.74, 6) is 7.07. The van der Waals surface area contributed by atoms with Gasteiger partial charge in [-0.05, 0) is 94.2 Å². The molecule has 0 aromatic carbocycles. The van der Waals surface area contributed by atoms with Crippen molar-refractivity contribution >= 4 is 5.78 Å². The molecule has 0 N–H and O–H groups in total. The van der Waals surface area contributed by atoms with Gasteiger partial charge < -0.3 is 4.90 Å². The summed E-state index contributed by atoms with van der Waals surface area (Å²) in [5, 5.41) is 0. The van der Waals surface area contributed by atoms with Crippen molar-refractivity contribution < 1.29 is 4.79 Å². The van der Waals surface area contributed by atoms with E-state index in [1.807, 2.05) is 0 Å². The van der Waals surface area contributed by atoms with E-state index in [0.717, 1.165) is 61.3 Å². The maximum atomic E-state index is 13.5. The predicted molar refractivity (Wildman–Crippen MR) is 205 cm³/mol. The molecule has 0 radical (unpaired) electrons. The molecule has 0 saturated heterocycles. The summed E-state index contributed by atoms with van der Waals surface area (Å²) in [6, 6.07) is 0. The number of hydrogen-bond donors (Lipinski definition) is 0. The number of carbonyl (C=O) groups excluding carboxylic acids is 1. The zero-order valence-electron chi connectivity index (χ0n) is 32.6. The fourth-order valence-electron chi connectivity index (χ4n) is 8.98. The van der Waals surface area contributed by atoms with Gasteiger partial charge in [-0.1, -0.05) is 169 Å². The number of nitrogens with zero attached hydrogens (tertiary/aromatic N) is 1. The Morgan fingerprint density at radius 2 is 1.04 bits per heavy atom. The van der Waals surface area contributed by atoms with Crippen LogP contribution in [-0.2, 0) is 4.79 Å². The SMILES string of the molecule is CCCCCC(CC)CCCC(CC(=O)CCCCCN(C)C)C(CCCC1CC1CCCCC)CCCC1CC1CCCCC. The normalized spacial score (nSPS) is 22.7. The second-order valence-electron chi connectivity index (χ2n) is 16.9. The molecule has 2 aliphatic rings. The van der Waals surface area contributed by atoms with Gasteiger partial charge in [-0.25, -0.2) is 0 Å². The molecular weight excluding hydrogens is 558 g/mol. The van der Waals surface area contributed by atoms with Crippen LogP contribution in [0.25, 0.3) is 0 Å². The molecule has 0 amide bonds. The van der Waals surface area contributed by atoms with Crippen molar-refractivity contribution in [3.63, 3.8) is 0 Å². The van der Waals surface area contributed by atoms with Gasteiger partial charge in [-0.2, -0.15) is 0 Å². The molecule has 0 aromatic heterocycles. The Morgan fingerprint density at radius 3 is 1.57 bits per heavy atom. The summed E-state index contributed by atoms with van der Waals surface area (Å²) in [6.07, 6.45) is 39.3. The molecule has 0 heterocycles.